The Morgan fingerprint density at radius 1 is 1.22 bits per heavy atom. The molecule has 0 aliphatic rings. The van der Waals surface area contributed by atoms with Crippen LogP contribution < -0.4 is 5.32 Å². The number of likely N-dealkylation sites (N-methyl/N-ethyl adjacent to an activating group) is 2. The van der Waals surface area contributed by atoms with E-state index in [1.165, 1.54) is 5.56 Å². The van der Waals surface area contributed by atoms with Gasteiger partial charge in [-0.2, -0.15) is 0 Å². The second kappa shape index (κ2) is 8.29. The average Bonchev–Trinajstić information content (AvgIpc) is 2.74. The van der Waals surface area contributed by atoms with Crippen LogP contribution in [0.5, 0.6) is 0 Å². The molecule has 1 rings (SSSR count). The second-order valence-corrected chi connectivity index (χ2v) is 5.14. The van der Waals surface area contributed by atoms with E-state index in [4.69, 9.17) is 4.42 Å². The molecule has 0 aromatic carbocycles. The van der Waals surface area contributed by atoms with Gasteiger partial charge in [0.15, 0.2) is 0 Å². The number of hydrogen-bond acceptors (Lipinski definition) is 4. The highest BCUT2D eigenvalue weighted by molar-refractivity contribution is 5.12. The normalized spacial score (nSPS) is 11.7. The minimum absolute atomic E-state index is 0.877. The molecule has 0 aliphatic carbocycles. The van der Waals surface area contributed by atoms with Crippen molar-refractivity contribution in [2.24, 2.45) is 0 Å². The van der Waals surface area contributed by atoms with Crippen molar-refractivity contribution in [1.82, 2.24) is 15.1 Å². The Bertz CT molecular complexity index is 323. The average molecular weight is 253 g/mol. The maximum Gasteiger partial charge on any atom is 0.118 e. The van der Waals surface area contributed by atoms with E-state index in [1.807, 2.05) is 6.26 Å². The van der Waals surface area contributed by atoms with Crippen molar-refractivity contribution < 1.29 is 4.42 Å². The third-order valence-corrected chi connectivity index (χ3v) is 2.82. The van der Waals surface area contributed by atoms with Crippen molar-refractivity contribution >= 4 is 0 Å². The molecule has 0 radical (unpaired) electrons. The lowest BCUT2D eigenvalue weighted by Crippen LogP contribution is -2.28. The van der Waals surface area contributed by atoms with E-state index in [1.54, 1.807) is 0 Å². The maximum absolute atomic E-state index is 5.58. The van der Waals surface area contributed by atoms with Crippen LogP contribution in [0.2, 0.25) is 0 Å². The molecule has 0 bridgehead atoms. The van der Waals surface area contributed by atoms with E-state index in [-0.39, 0.29) is 0 Å². The molecule has 0 spiro atoms. The van der Waals surface area contributed by atoms with Gasteiger partial charge in [0.1, 0.15) is 5.76 Å². The van der Waals surface area contributed by atoms with Crippen molar-refractivity contribution in [3.8, 4) is 0 Å². The molecule has 0 amide bonds. The zero-order valence-electron chi connectivity index (χ0n) is 12.2. The first-order valence-electron chi connectivity index (χ1n) is 6.72. The fraction of sp³-hybridized carbons (Fsp3) is 0.714. The van der Waals surface area contributed by atoms with Gasteiger partial charge in [-0.1, -0.05) is 6.92 Å². The van der Waals surface area contributed by atoms with Gasteiger partial charge in [0.05, 0.1) is 12.8 Å². The first-order chi connectivity index (χ1) is 8.61. The van der Waals surface area contributed by atoms with Crippen molar-refractivity contribution in [1.29, 1.82) is 0 Å². The molecule has 104 valence electrons. The predicted octanol–water partition coefficient (Wildman–Crippen LogP) is 1.77. The summed E-state index contributed by atoms with van der Waals surface area (Å²) >= 11 is 0. The van der Waals surface area contributed by atoms with E-state index >= 15 is 0 Å². The van der Waals surface area contributed by atoms with Crippen LogP contribution in [0.25, 0.3) is 0 Å². The van der Waals surface area contributed by atoms with Gasteiger partial charge in [0.2, 0.25) is 0 Å². The Kier molecular flexibility index (Phi) is 7.01. The summed E-state index contributed by atoms with van der Waals surface area (Å²) in [5.41, 5.74) is 1.24. The molecule has 0 saturated heterocycles. The van der Waals surface area contributed by atoms with Gasteiger partial charge in [0, 0.05) is 25.2 Å². The van der Waals surface area contributed by atoms with Gasteiger partial charge < -0.3 is 14.6 Å². The zero-order valence-corrected chi connectivity index (χ0v) is 12.2. The Balaban J connectivity index is 2.29. The van der Waals surface area contributed by atoms with E-state index in [9.17, 15) is 0 Å². The van der Waals surface area contributed by atoms with Crippen LogP contribution in [0, 0.1) is 0 Å². The highest BCUT2D eigenvalue weighted by Gasteiger charge is 2.05. The Morgan fingerprint density at radius 2 is 2.00 bits per heavy atom. The van der Waals surface area contributed by atoms with Gasteiger partial charge in [-0.3, -0.25) is 4.90 Å². The van der Waals surface area contributed by atoms with Gasteiger partial charge in [-0.25, -0.2) is 0 Å². The smallest absolute Gasteiger partial charge is 0.118 e. The van der Waals surface area contributed by atoms with Gasteiger partial charge in [-0.05, 0) is 40.2 Å². The molecule has 0 aliphatic heterocycles. The number of hydrogen-bond donors (Lipinski definition) is 1. The molecule has 1 aromatic rings. The van der Waals surface area contributed by atoms with Crippen LogP contribution in [-0.4, -0.2) is 50.6 Å². The van der Waals surface area contributed by atoms with Crippen LogP contribution >= 0.6 is 0 Å². The van der Waals surface area contributed by atoms with Crippen LogP contribution in [-0.2, 0) is 13.1 Å². The van der Waals surface area contributed by atoms with Crippen LogP contribution in [0.15, 0.2) is 16.7 Å². The fourth-order valence-electron chi connectivity index (χ4n) is 1.73. The van der Waals surface area contributed by atoms with E-state index < -0.39 is 0 Å². The molecule has 1 N–H and O–H groups in total. The second-order valence-electron chi connectivity index (χ2n) is 5.14. The number of rotatable bonds is 9. The minimum atomic E-state index is 0.877. The van der Waals surface area contributed by atoms with Gasteiger partial charge in [0.25, 0.3) is 0 Å². The molecule has 1 heterocycles. The summed E-state index contributed by atoms with van der Waals surface area (Å²) in [5.74, 6) is 1.05. The van der Waals surface area contributed by atoms with E-state index in [2.05, 4.69) is 49.2 Å². The number of nitrogens with one attached hydrogen (secondary N) is 1. The van der Waals surface area contributed by atoms with Crippen molar-refractivity contribution in [2.75, 3.05) is 40.8 Å². The molecular weight excluding hydrogens is 226 g/mol. The summed E-state index contributed by atoms with van der Waals surface area (Å²) in [4.78, 5) is 4.47. The molecular formula is C14H27N3O. The zero-order chi connectivity index (χ0) is 13.4. The summed E-state index contributed by atoms with van der Waals surface area (Å²) in [6.07, 6.45) is 3.02. The lowest BCUT2D eigenvalue weighted by Gasteiger charge is -2.17. The lowest BCUT2D eigenvalue weighted by molar-refractivity contribution is 0.258. The third kappa shape index (κ3) is 6.19. The van der Waals surface area contributed by atoms with Crippen molar-refractivity contribution in [3.63, 3.8) is 0 Å². The third-order valence-electron chi connectivity index (χ3n) is 2.82. The fourth-order valence-corrected chi connectivity index (χ4v) is 1.73. The Hall–Kier alpha value is -0.840. The highest BCUT2D eigenvalue weighted by atomic mass is 16.3. The molecule has 0 atom stereocenters. The van der Waals surface area contributed by atoms with Crippen molar-refractivity contribution in [3.05, 3.63) is 23.7 Å². The molecule has 0 fully saturated rings. The van der Waals surface area contributed by atoms with E-state index in [0.29, 0.717) is 0 Å². The Morgan fingerprint density at radius 3 is 2.67 bits per heavy atom. The SMILES string of the molecule is CCCNCc1coc(CN(C)CCN(C)C)c1. The molecule has 4 heteroatoms. The molecule has 4 nitrogen and oxygen atoms in total. The van der Waals surface area contributed by atoms with Crippen LogP contribution in [0.1, 0.15) is 24.7 Å². The summed E-state index contributed by atoms with van der Waals surface area (Å²) < 4.78 is 5.58. The summed E-state index contributed by atoms with van der Waals surface area (Å²) in [5, 5.41) is 3.38. The van der Waals surface area contributed by atoms with Gasteiger partial charge in [-0.15, -0.1) is 0 Å². The van der Waals surface area contributed by atoms with Gasteiger partial charge >= 0.3 is 0 Å². The van der Waals surface area contributed by atoms with Crippen molar-refractivity contribution in [2.45, 2.75) is 26.4 Å². The molecule has 0 saturated carbocycles. The molecule has 1 aromatic heterocycles. The Labute approximate surface area is 111 Å². The molecule has 0 unspecified atom stereocenters. The first kappa shape index (κ1) is 15.2. The summed E-state index contributed by atoms with van der Waals surface area (Å²) in [6.45, 7) is 7.14. The quantitative estimate of drug-likeness (QED) is 0.680. The minimum Gasteiger partial charge on any atom is -0.468 e. The topological polar surface area (TPSA) is 31.7 Å². The lowest BCUT2D eigenvalue weighted by atomic mass is 10.3. The number of furan rings is 1. The largest absolute Gasteiger partial charge is 0.468 e. The van der Waals surface area contributed by atoms with Crippen LogP contribution in [0.4, 0.5) is 0 Å². The first-order valence-corrected chi connectivity index (χ1v) is 6.72. The monoisotopic (exact) mass is 253 g/mol. The maximum atomic E-state index is 5.58. The van der Waals surface area contributed by atoms with E-state index in [0.717, 1.165) is 44.9 Å². The highest BCUT2D eigenvalue weighted by Crippen LogP contribution is 2.09. The number of nitrogens with zero attached hydrogens (tertiary/aromatic N) is 2. The standard InChI is InChI=1S/C14H27N3O/c1-5-6-15-10-13-9-14(18-12-13)11-17(4)8-7-16(2)3/h9,12,15H,5-8,10-11H2,1-4H3. The molecule has 18 heavy (non-hydrogen) atoms. The predicted molar refractivity (Wildman–Crippen MR) is 75.6 cm³/mol. The summed E-state index contributed by atoms with van der Waals surface area (Å²) in [6, 6.07) is 2.15. The van der Waals surface area contributed by atoms with Crippen LogP contribution in [0.3, 0.4) is 0 Å². The summed E-state index contributed by atoms with van der Waals surface area (Å²) in [7, 11) is 6.32.